The van der Waals surface area contributed by atoms with Gasteiger partial charge in [0.05, 0.1) is 0 Å². The molecule has 3 aromatic rings. The molecule has 0 atom stereocenters. The van der Waals surface area contributed by atoms with Gasteiger partial charge in [0.2, 0.25) is 0 Å². The van der Waals surface area contributed by atoms with Gasteiger partial charge in [0.15, 0.2) is 0 Å². The van der Waals surface area contributed by atoms with Gasteiger partial charge in [0.1, 0.15) is 11.3 Å². The van der Waals surface area contributed by atoms with Crippen LogP contribution in [0.5, 0.6) is 0 Å². The Balaban J connectivity index is 1.50. The summed E-state index contributed by atoms with van der Waals surface area (Å²) in [6.07, 6.45) is 3.60. The van der Waals surface area contributed by atoms with Crippen molar-refractivity contribution in [2.75, 3.05) is 13.1 Å². The van der Waals surface area contributed by atoms with Gasteiger partial charge >= 0.3 is 0 Å². The summed E-state index contributed by atoms with van der Waals surface area (Å²) in [7, 11) is 0. The van der Waals surface area contributed by atoms with Crippen LogP contribution in [0, 0.1) is 6.92 Å². The van der Waals surface area contributed by atoms with Crippen LogP contribution in [0.25, 0.3) is 11.0 Å². The number of aryl methyl sites for hydroxylation is 1. The molecule has 4 nitrogen and oxygen atoms in total. The predicted octanol–water partition coefficient (Wildman–Crippen LogP) is 3.38. The highest BCUT2D eigenvalue weighted by Crippen LogP contribution is 2.29. The zero-order chi connectivity index (χ0) is 15.1. The van der Waals surface area contributed by atoms with Gasteiger partial charge in [0.25, 0.3) is 5.91 Å². The van der Waals surface area contributed by atoms with Crippen molar-refractivity contribution in [2.45, 2.75) is 12.8 Å². The molecule has 110 valence electrons. The molecule has 0 N–H and O–H groups in total. The number of aromatic nitrogens is 1. The number of rotatable bonds is 2. The molecule has 1 aromatic carbocycles. The summed E-state index contributed by atoms with van der Waals surface area (Å²) in [5, 5.41) is 0.981. The molecule has 2 aromatic heterocycles. The van der Waals surface area contributed by atoms with Gasteiger partial charge in [-0.15, -0.1) is 0 Å². The first-order chi connectivity index (χ1) is 10.7. The average molecular weight is 292 g/mol. The highest BCUT2D eigenvalue weighted by Gasteiger charge is 2.32. The van der Waals surface area contributed by atoms with Crippen molar-refractivity contribution in [1.82, 2.24) is 9.88 Å². The number of pyridine rings is 1. The van der Waals surface area contributed by atoms with E-state index in [-0.39, 0.29) is 5.91 Å². The Labute approximate surface area is 128 Å². The first-order valence-corrected chi connectivity index (χ1v) is 7.40. The van der Waals surface area contributed by atoms with Crippen LogP contribution in [0.15, 0.2) is 53.2 Å². The molecule has 0 unspecified atom stereocenters. The summed E-state index contributed by atoms with van der Waals surface area (Å²) < 4.78 is 5.55. The van der Waals surface area contributed by atoms with E-state index in [4.69, 9.17) is 4.42 Å². The molecule has 4 heteroatoms. The third-order valence-electron chi connectivity index (χ3n) is 4.23. The molecule has 1 fully saturated rings. The van der Waals surface area contributed by atoms with Crippen molar-refractivity contribution < 1.29 is 9.21 Å². The fourth-order valence-electron chi connectivity index (χ4n) is 2.98. The lowest BCUT2D eigenvalue weighted by Crippen LogP contribution is -2.48. The van der Waals surface area contributed by atoms with E-state index in [9.17, 15) is 4.79 Å². The average Bonchev–Trinajstić information content (AvgIpc) is 2.85. The number of hydrogen-bond acceptors (Lipinski definition) is 3. The van der Waals surface area contributed by atoms with Crippen LogP contribution in [-0.4, -0.2) is 28.9 Å². The maximum Gasteiger partial charge on any atom is 0.253 e. The minimum Gasteiger partial charge on any atom is -0.461 e. The Bertz CT molecular complexity index is 833. The zero-order valence-corrected chi connectivity index (χ0v) is 12.3. The Kier molecular flexibility index (Phi) is 2.96. The van der Waals surface area contributed by atoms with Crippen molar-refractivity contribution in [2.24, 2.45) is 0 Å². The summed E-state index contributed by atoms with van der Waals surface area (Å²) in [5.74, 6) is 1.37. The number of fused-ring (bicyclic) bond motifs is 1. The molecule has 4 rings (SSSR count). The standard InChI is InChI=1S/C18H16N2O2/c1-12-8-15-9-14(2-3-17(15)22-12)18(21)20-10-16(11-20)13-4-6-19-7-5-13/h2-9,16H,10-11H2,1H3. The van der Waals surface area contributed by atoms with Crippen molar-refractivity contribution in [1.29, 1.82) is 0 Å². The highest BCUT2D eigenvalue weighted by molar-refractivity contribution is 5.98. The minimum absolute atomic E-state index is 0.0889. The molecular formula is C18H16N2O2. The van der Waals surface area contributed by atoms with Gasteiger partial charge in [-0.25, -0.2) is 0 Å². The predicted molar refractivity (Wildman–Crippen MR) is 83.8 cm³/mol. The summed E-state index contributed by atoms with van der Waals surface area (Å²) in [6, 6.07) is 11.6. The quantitative estimate of drug-likeness (QED) is 0.727. The number of furan rings is 1. The lowest BCUT2D eigenvalue weighted by molar-refractivity contribution is 0.0602. The van der Waals surface area contributed by atoms with Crippen LogP contribution in [0.1, 0.15) is 27.6 Å². The van der Waals surface area contributed by atoms with E-state index < -0.39 is 0 Å². The van der Waals surface area contributed by atoms with Crippen LogP contribution in [0.4, 0.5) is 0 Å². The molecule has 0 bridgehead atoms. The second-order valence-corrected chi connectivity index (χ2v) is 5.80. The Morgan fingerprint density at radius 2 is 1.95 bits per heavy atom. The van der Waals surface area contributed by atoms with E-state index in [1.165, 1.54) is 5.56 Å². The Hall–Kier alpha value is -2.62. The minimum atomic E-state index is 0.0889. The summed E-state index contributed by atoms with van der Waals surface area (Å²) >= 11 is 0. The van der Waals surface area contributed by atoms with Gasteiger partial charge in [-0.05, 0) is 48.9 Å². The SMILES string of the molecule is Cc1cc2cc(C(=O)N3CC(c4ccncc4)C3)ccc2o1. The van der Waals surface area contributed by atoms with Crippen LogP contribution < -0.4 is 0 Å². The lowest BCUT2D eigenvalue weighted by Gasteiger charge is -2.39. The fraction of sp³-hybridized carbons (Fsp3) is 0.222. The maximum atomic E-state index is 12.5. The van der Waals surface area contributed by atoms with Gasteiger partial charge in [-0.3, -0.25) is 9.78 Å². The largest absolute Gasteiger partial charge is 0.461 e. The van der Waals surface area contributed by atoms with Gasteiger partial charge < -0.3 is 9.32 Å². The number of hydrogen-bond donors (Lipinski definition) is 0. The van der Waals surface area contributed by atoms with Crippen LogP contribution in [-0.2, 0) is 0 Å². The summed E-state index contributed by atoms with van der Waals surface area (Å²) in [4.78, 5) is 18.5. The van der Waals surface area contributed by atoms with Gasteiger partial charge in [-0.1, -0.05) is 0 Å². The summed E-state index contributed by atoms with van der Waals surface area (Å²) in [6.45, 7) is 3.45. The molecule has 0 radical (unpaired) electrons. The van der Waals surface area contributed by atoms with E-state index in [0.717, 1.165) is 35.4 Å². The monoisotopic (exact) mass is 292 g/mol. The van der Waals surface area contributed by atoms with E-state index >= 15 is 0 Å². The first kappa shape index (κ1) is 13.1. The van der Waals surface area contributed by atoms with Crippen LogP contribution in [0.2, 0.25) is 0 Å². The number of likely N-dealkylation sites (tertiary alicyclic amines) is 1. The molecule has 1 saturated heterocycles. The lowest BCUT2D eigenvalue weighted by atomic mass is 9.91. The van der Waals surface area contributed by atoms with Crippen LogP contribution in [0.3, 0.4) is 0 Å². The molecule has 1 aliphatic heterocycles. The topological polar surface area (TPSA) is 46.3 Å². The molecule has 0 spiro atoms. The second-order valence-electron chi connectivity index (χ2n) is 5.80. The van der Waals surface area contributed by atoms with Crippen molar-refractivity contribution in [3.05, 3.63) is 65.7 Å². The molecular weight excluding hydrogens is 276 g/mol. The van der Waals surface area contributed by atoms with Gasteiger partial charge in [0, 0.05) is 42.4 Å². The first-order valence-electron chi connectivity index (χ1n) is 7.40. The molecule has 1 amide bonds. The molecule has 0 saturated carbocycles. The summed E-state index contributed by atoms with van der Waals surface area (Å²) in [5.41, 5.74) is 2.80. The second kappa shape index (κ2) is 4.98. The van der Waals surface area contributed by atoms with Crippen LogP contribution >= 0.6 is 0 Å². The molecule has 3 heterocycles. The number of carbonyl (C=O) groups excluding carboxylic acids is 1. The van der Waals surface area contributed by atoms with Crippen molar-refractivity contribution in [3.8, 4) is 0 Å². The highest BCUT2D eigenvalue weighted by atomic mass is 16.3. The molecule has 22 heavy (non-hydrogen) atoms. The smallest absolute Gasteiger partial charge is 0.253 e. The number of nitrogens with zero attached hydrogens (tertiary/aromatic N) is 2. The van der Waals surface area contributed by atoms with E-state index in [2.05, 4.69) is 4.98 Å². The fourth-order valence-corrected chi connectivity index (χ4v) is 2.98. The Morgan fingerprint density at radius 3 is 2.73 bits per heavy atom. The number of benzene rings is 1. The van der Waals surface area contributed by atoms with Gasteiger partial charge in [-0.2, -0.15) is 0 Å². The van der Waals surface area contributed by atoms with E-state index in [1.54, 1.807) is 12.4 Å². The van der Waals surface area contributed by atoms with Crippen molar-refractivity contribution >= 4 is 16.9 Å². The number of amides is 1. The van der Waals surface area contributed by atoms with E-state index in [0.29, 0.717) is 5.92 Å². The Morgan fingerprint density at radius 1 is 1.18 bits per heavy atom. The molecule has 1 aliphatic rings. The zero-order valence-electron chi connectivity index (χ0n) is 12.3. The van der Waals surface area contributed by atoms with E-state index in [1.807, 2.05) is 48.2 Å². The normalized spacial score (nSPS) is 15.0. The third kappa shape index (κ3) is 2.17. The number of carbonyl (C=O) groups is 1. The maximum absolute atomic E-state index is 12.5. The third-order valence-corrected chi connectivity index (χ3v) is 4.23. The molecule has 0 aliphatic carbocycles. The van der Waals surface area contributed by atoms with Crippen molar-refractivity contribution in [3.63, 3.8) is 0 Å².